The zero-order valence-corrected chi connectivity index (χ0v) is 8.39. The first-order valence-electron chi connectivity index (χ1n) is 4.36. The molecule has 84 valence electrons. The molecule has 0 radical (unpaired) electrons. The van der Waals surface area contributed by atoms with Crippen LogP contribution in [0.1, 0.15) is 13.8 Å². The third-order valence-corrected chi connectivity index (χ3v) is 1.78. The molecule has 1 rings (SSSR count). The van der Waals surface area contributed by atoms with E-state index < -0.39 is 24.0 Å². The molecule has 0 bridgehead atoms. The number of hydroxylamine groups is 1. The molecule has 15 heavy (non-hydrogen) atoms. The lowest BCUT2D eigenvalue weighted by atomic mass is 10.3. The molecule has 7 nitrogen and oxygen atoms in total. The Morgan fingerprint density at radius 1 is 1.73 bits per heavy atom. The smallest absolute Gasteiger partial charge is 0.303 e. The highest BCUT2D eigenvalue weighted by Gasteiger charge is 2.29. The molecule has 1 heterocycles. The largest absolute Gasteiger partial charge is 0.475 e. The number of aliphatic imine (C=N–C) groups is 1. The third-order valence-electron chi connectivity index (χ3n) is 1.78. The molecule has 1 amide bonds. The number of ether oxygens (including phenoxy) is 2. The van der Waals surface area contributed by atoms with E-state index in [4.69, 9.17) is 14.7 Å². The number of amides is 1. The van der Waals surface area contributed by atoms with E-state index >= 15 is 0 Å². The van der Waals surface area contributed by atoms with E-state index in [1.54, 1.807) is 6.92 Å². The summed E-state index contributed by atoms with van der Waals surface area (Å²) in [5.74, 6) is -0.928. The molecular formula is C8H12N2O5. The molecule has 0 aromatic heterocycles. The highest BCUT2D eigenvalue weighted by molar-refractivity contribution is 5.90. The van der Waals surface area contributed by atoms with Crippen molar-refractivity contribution in [3.8, 4) is 0 Å². The van der Waals surface area contributed by atoms with Crippen molar-refractivity contribution in [3.63, 3.8) is 0 Å². The third kappa shape index (κ3) is 2.91. The average molecular weight is 216 g/mol. The molecule has 2 atom stereocenters. The molecule has 1 aliphatic heterocycles. The first kappa shape index (κ1) is 11.4. The Labute approximate surface area is 86.0 Å². The van der Waals surface area contributed by atoms with Crippen LogP contribution in [0.15, 0.2) is 4.99 Å². The van der Waals surface area contributed by atoms with Gasteiger partial charge in [0.15, 0.2) is 12.1 Å². The maximum absolute atomic E-state index is 10.9. The van der Waals surface area contributed by atoms with Gasteiger partial charge < -0.3 is 9.47 Å². The maximum Gasteiger partial charge on any atom is 0.303 e. The molecule has 0 aromatic rings. The molecular weight excluding hydrogens is 204 g/mol. The van der Waals surface area contributed by atoms with Gasteiger partial charge in [0.2, 0.25) is 5.90 Å². The van der Waals surface area contributed by atoms with Crippen LogP contribution >= 0.6 is 0 Å². The molecule has 0 fully saturated rings. The summed E-state index contributed by atoms with van der Waals surface area (Å²) in [5.41, 5.74) is 1.47. The second-order valence-electron chi connectivity index (χ2n) is 3.02. The number of rotatable bonds is 3. The monoisotopic (exact) mass is 216 g/mol. The fourth-order valence-corrected chi connectivity index (χ4v) is 1.12. The van der Waals surface area contributed by atoms with Gasteiger partial charge in [-0.15, -0.1) is 0 Å². The number of esters is 1. The van der Waals surface area contributed by atoms with Crippen LogP contribution in [-0.2, 0) is 19.1 Å². The van der Waals surface area contributed by atoms with Crippen molar-refractivity contribution in [1.29, 1.82) is 0 Å². The molecule has 2 N–H and O–H groups in total. The molecule has 7 heteroatoms. The van der Waals surface area contributed by atoms with Crippen molar-refractivity contribution in [2.75, 3.05) is 6.61 Å². The van der Waals surface area contributed by atoms with Gasteiger partial charge in [0, 0.05) is 6.92 Å². The fraction of sp³-hybridized carbons (Fsp3) is 0.625. The standard InChI is InChI=1S/C8H12N2O5/c1-4(15-5(2)11)8-9-6(3-14-8)7(12)10-13/h4,6,13H,3H2,1-2H3,(H,10,12)/t4?,6-/m1/s1. The lowest BCUT2D eigenvalue weighted by Crippen LogP contribution is -2.31. The summed E-state index contributed by atoms with van der Waals surface area (Å²) >= 11 is 0. The molecule has 1 unspecified atom stereocenters. The predicted octanol–water partition coefficient (Wildman–Crippen LogP) is -0.759. The predicted molar refractivity (Wildman–Crippen MR) is 48.3 cm³/mol. The Morgan fingerprint density at radius 2 is 2.40 bits per heavy atom. The zero-order chi connectivity index (χ0) is 11.4. The van der Waals surface area contributed by atoms with Crippen molar-refractivity contribution in [1.82, 2.24) is 5.48 Å². The molecule has 0 saturated carbocycles. The van der Waals surface area contributed by atoms with Crippen LogP contribution in [0.4, 0.5) is 0 Å². The van der Waals surface area contributed by atoms with Crippen LogP contribution in [0.3, 0.4) is 0 Å². The highest BCUT2D eigenvalue weighted by Crippen LogP contribution is 2.09. The summed E-state index contributed by atoms with van der Waals surface area (Å²) in [5, 5.41) is 8.36. The van der Waals surface area contributed by atoms with Crippen LogP contribution < -0.4 is 5.48 Å². The summed E-state index contributed by atoms with van der Waals surface area (Å²) in [7, 11) is 0. The zero-order valence-electron chi connectivity index (χ0n) is 8.39. The highest BCUT2D eigenvalue weighted by atomic mass is 16.6. The van der Waals surface area contributed by atoms with Crippen LogP contribution in [-0.4, -0.2) is 41.7 Å². The van der Waals surface area contributed by atoms with E-state index in [-0.39, 0.29) is 12.5 Å². The van der Waals surface area contributed by atoms with Crippen molar-refractivity contribution >= 4 is 17.8 Å². The fourth-order valence-electron chi connectivity index (χ4n) is 1.12. The Kier molecular flexibility index (Phi) is 3.62. The maximum atomic E-state index is 10.9. The van der Waals surface area contributed by atoms with Crippen LogP contribution in [0.5, 0.6) is 0 Å². The van der Waals surface area contributed by atoms with Gasteiger partial charge in [0.1, 0.15) is 6.61 Å². The summed E-state index contributed by atoms with van der Waals surface area (Å²) in [4.78, 5) is 25.4. The second kappa shape index (κ2) is 4.74. The van der Waals surface area contributed by atoms with Gasteiger partial charge >= 0.3 is 5.97 Å². The van der Waals surface area contributed by atoms with Gasteiger partial charge in [-0.05, 0) is 6.92 Å². The molecule has 0 aromatic carbocycles. The Hall–Kier alpha value is -1.63. The molecule has 0 saturated heterocycles. The van der Waals surface area contributed by atoms with E-state index in [0.717, 1.165) is 0 Å². The normalized spacial score (nSPS) is 21.3. The van der Waals surface area contributed by atoms with Crippen molar-refractivity contribution < 1.29 is 24.3 Å². The summed E-state index contributed by atoms with van der Waals surface area (Å²) in [6.45, 7) is 2.89. The lowest BCUT2D eigenvalue weighted by Gasteiger charge is -2.10. The van der Waals surface area contributed by atoms with Gasteiger partial charge in [-0.2, -0.15) is 0 Å². The van der Waals surface area contributed by atoms with E-state index in [1.807, 2.05) is 0 Å². The minimum Gasteiger partial charge on any atom is -0.475 e. The van der Waals surface area contributed by atoms with Gasteiger partial charge in [0.05, 0.1) is 0 Å². The number of nitrogens with one attached hydrogen (secondary N) is 1. The van der Waals surface area contributed by atoms with Crippen molar-refractivity contribution in [2.45, 2.75) is 26.0 Å². The average Bonchev–Trinajstić information content (AvgIpc) is 2.64. The van der Waals surface area contributed by atoms with Crippen LogP contribution in [0.25, 0.3) is 0 Å². The first-order chi connectivity index (χ1) is 7.04. The van der Waals surface area contributed by atoms with Crippen LogP contribution in [0.2, 0.25) is 0 Å². The van der Waals surface area contributed by atoms with E-state index in [2.05, 4.69) is 4.99 Å². The van der Waals surface area contributed by atoms with E-state index in [1.165, 1.54) is 12.4 Å². The lowest BCUT2D eigenvalue weighted by molar-refractivity contribution is -0.143. The number of hydrogen-bond acceptors (Lipinski definition) is 6. The van der Waals surface area contributed by atoms with Crippen LogP contribution in [0, 0.1) is 0 Å². The minimum atomic E-state index is -0.789. The minimum absolute atomic E-state index is 0.0351. The van der Waals surface area contributed by atoms with Crippen molar-refractivity contribution in [2.24, 2.45) is 4.99 Å². The second-order valence-corrected chi connectivity index (χ2v) is 3.02. The van der Waals surface area contributed by atoms with Gasteiger partial charge in [-0.25, -0.2) is 10.5 Å². The quantitative estimate of drug-likeness (QED) is 0.367. The summed E-state index contributed by atoms with van der Waals surface area (Å²) < 4.78 is 9.86. The number of nitrogens with zero attached hydrogens (tertiary/aromatic N) is 1. The summed E-state index contributed by atoms with van der Waals surface area (Å²) in [6, 6.07) is -0.789. The Bertz CT molecular complexity index is 301. The van der Waals surface area contributed by atoms with Gasteiger partial charge in [-0.3, -0.25) is 14.8 Å². The topological polar surface area (TPSA) is 97.2 Å². The van der Waals surface area contributed by atoms with Crippen molar-refractivity contribution in [3.05, 3.63) is 0 Å². The first-order valence-corrected chi connectivity index (χ1v) is 4.36. The molecule has 1 aliphatic rings. The van der Waals surface area contributed by atoms with E-state index in [0.29, 0.717) is 0 Å². The molecule has 0 aliphatic carbocycles. The number of hydrogen-bond donors (Lipinski definition) is 2. The number of carbonyl (C=O) groups excluding carboxylic acids is 2. The number of carbonyl (C=O) groups is 2. The Balaban J connectivity index is 2.58. The summed E-state index contributed by atoms with van der Waals surface area (Å²) in [6.07, 6.45) is -0.626. The Morgan fingerprint density at radius 3 is 2.93 bits per heavy atom. The molecule has 0 spiro atoms. The van der Waals surface area contributed by atoms with E-state index in [9.17, 15) is 9.59 Å². The van der Waals surface area contributed by atoms with Gasteiger partial charge in [0.25, 0.3) is 5.91 Å². The SMILES string of the molecule is CC(=O)OC(C)C1=N[C@@H](C(=O)NO)CO1. The van der Waals surface area contributed by atoms with Gasteiger partial charge in [-0.1, -0.05) is 0 Å².